The fourth-order valence-electron chi connectivity index (χ4n) is 3.11. The number of hydrogen-bond acceptors (Lipinski definition) is 3. The van der Waals surface area contributed by atoms with Gasteiger partial charge in [0.25, 0.3) is 0 Å². The molecular formula is C16H21N3O2. The Morgan fingerprint density at radius 1 is 1.29 bits per heavy atom. The molecule has 5 heteroatoms. The molecule has 1 aromatic rings. The first-order valence-electron chi connectivity index (χ1n) is 7.49. The van der Waals surface area contributed by atoms with Crippen LogP contribution in [0.4, 0.5) is 0 Å². The number of hydrogen-bond donors (Lipinski definition) is 2. The molecule has 2 amide bonds. The first-order chi connectivity index (χ1) is 10.1. The highest BCUT2D eigenvalue weighted by molar-refractivity contribution is 5.92. The van der Waals surface area contributed by atoms with E-state index in [4.69, 9.17) is 5.73 Å². The molecule has 0 bridgehead atoms. The average molecular weight is 287 g/mol. The third-order valence-corrected chi connectivity index (χ3v) is 4.52. The minimum atomic E-state index is -0.417. The molecule has 21 heavy (non-hydrogen) atoms. The molecule has 0 radical (unpaired) electrons. The molecule has 0 aromatic heterocycles. The van der Waals surface area contributed by atoms with Crippen molar-refractivity contribution >= 4 is 11.8 Å². The summed E-state index contributed by atoms with van der Waals surface area (Å²) in [5.74, 6) is 0.249. The second kappa shape index (κ2) is 5.48. The maximum Gasteiger partial charge on any atom is 0.248 e. The number of amides is 2. The van der Waals surface area contributed by atoms with E-state index in [0.717, 1.165) is 31.6 Å². The van der Waals surface area contributed by atoms with Crippen LogP contribution in [0.15, 0.2) is 24.3 Å². The number of nitrogens with one attached hydrogen (secondary N) is 1. The van der Waals surface area contributed by atoms with Crippen LogP contribution in [0.3, 0.4) is 0 Å². The summed E-state index contributed by atoms with van der Waals surface area (Å²) in [6.45, 7) is 4.63. The van der Waals surface area contributed by atoms with E-state index in [0.29, 0.717) is 11.5 Å². The molecule has 1 aliphatic heterocycles. The minimum Gasteiger partial charge on any atom is -0.366 e. The van der Waals surface area contributed by atoms with Crippen molar-refractivity contribution in [2.24, 2.45) is 11.7 Å². The smallest absolute Gasteiger partial charge is 0.248 e. The molecule has 0 spiro atoms. The van der Waals surface area contributed by atoms with Crippen LogP contribution in [0.1, 0.15) is 35.2 Å². The summed E-state index contributed by atoms with van der Waals surface area (Å²) < 4.78 is 0. The van der Waals surface area contributed by atoms with Gasteiger partial charge in [0.2, 0.25) is 11.8 Å². The molecule has 1 saturated heterocycles. The number of nitrogens with zero attached hydrogens (tertiary/aromatic N) is 1. The zero-order valence-electron chi connectivity index (χ0n) is 12.2. The van der Waals surface area contributed by atoms with Gasteiger partial charge in [0, 0.05) is 37.2 Å². The number of carbonyl (C=O) groups is 2. The lowest BCUT2D eigenvalue weighted by atomic mass is 10.1. The van der Waals surface area contributed by atoms with Gasteiger partial charge in [0.1, 0.15) is 0 Å². The standard InChI is InChI=1S/C16H21N3O2/c1-10-9-18-6-7-19(10)16(21)14-8-13(14)11-2-4-12(5-3-11)15(17)20/h2-5,10,13-14,18H,6-9H2,1H3,(H2,17,20)/t10-,13+,14-/m1/s1. The Morgan fingerprint density at radius 2 is 2.00 bits per heavy atom. The van der Waals surface area contributed by atoms with Crippen LogP contribution in [0.25, 0.3) is 0 Å². The fourth-order valence-corrected chi connectivity index (χ4v) is 3.11. The monoisotopic (exact) mass is 287 g/mol. The van der Waals surface area contributed by atoms with Gasteiger partial charge in [0.05, 0.1) is 0 Å². The minimum absolute atomic E-state index is 0.102. The second-order valence-corrected chi connectivity index (χ2v) is 6.02. The van der Waals surface area contributed by atoms with Gasteiger partial charge in [-0.15, -0.1) is 0 Å². The summed E-state index contributed by atoms with van der Waals surface area (Å²) in [7, 11) is 0. The molecule has 112 valence electrons. The molecule has 3 rings (SSSR count). The predicted octanol–water partition coefficient (Wildman–Crippen LogP) is 0.709. The highest BCUT2D eigenvalue weighted by Gasteiger charge is 2.46. The van der Waals surface area contributed by atoms with Gasteiger partial charge in [-0.25, -0.2) is 0 Å². The number of primary amides is 1. The SMILES string of the molecule is C[C@@H]1CNCCN1C(=O)[C@@H]1C[C@H]1c1ccc(C(N)=O)cc1. The topological polar surface area (TPSA) is 75.4 Å². The van der Waals surface area contributed by atoms with Crippen LogP contribution in [-0.4, -0.2) is 42.4 Å². The van der Waals surface area contributed by atoms with Crippen molar-refractivity contribution in [3.8, 4) is 0 Å². The molecule has 2 fully saturated rings. The molecule has 5 nitrogen and oxygen atoms in total. The van der Waals surface area contributed by atoms with Crippen molar-refractivity contribution in [1.29, 1.82) is 0 Å². The van der Waals surface area contributed by atoms with Crippen molar-refractivity contribution in [3.63, 3.8) is 0 Å². The van der Waals surface area contributed by atoms with Gasteiger partial charge in [-0.2, -0.15) is 0 Å². The first-order valence-corrected chi connectivity index (χ1v) is 7.49. The predicted molar refractivity (Wildman–Crippen MR) is 79.9 cm³/mol. The number of nitrogens with two attached hydrogens (primary N) is 1. The van der Waals surface area contributed by atoms with Crippen LogP contribution < -0.4 is 11.1 Å². The van der Waals surface area contributed by atoms with Gasteiger partial charge in [-0.1, -0.05) is 12.1 Å². The van der Waals surface area contributed by atoms with E-state index in [1.807, 2.05) is 17.0 Å². The zero-order chi connectivity index (χ0) is 15.0. The van der Waals surface area contributed by atoms with E-state index >= 15 is 0 Å². The second-order valence-electron chi connectivity index (χ2n) is 6.02. The van der Waals surface area contributed by atoms with Crippen molar-refractivity contribution in [3.05, 3.63) is 35.4 Å². The van der Waals surface area contributed by atoms with E-state index in [-0.39, 0.29) is 17.9 Å². The Labute approximate surface area is 124 Å². The van der Waals surface area contributed by atoms with Gasteiger partial charge < -0.3 is 16.0 Å². The van der Waals surface area contributed by atoms with E-state index in [1.165, 1.54) is 0 Å². The maximum absolute atomic E-state index is 12.6. The summed E-state index contributed by atoms with van der Waals surface area (Å²) in [4.78, 5) is 25.6. The zero-order valence-corrected chi connectivity index (χ0v) is 12.2. The third-order valence-electron chi connectivity index (χ3n) is 4.52. The average Bonchev–Trinajstić information content (AvgIpc) is 3.27. The highest BCUT2D eigenvalue weighted by Crippen LogP contribution is 2.48. The molecule has 2 aliphatic rings. The maximum atomic E-state index is 12.6. The molecular weight excluding hydrogens is 266 g/mol. The van der Waals surface area contributed by atoms with Crippen molar-refractivity contribution in [1.82, 2.24) is 10.2 Å². The van der Waals surface area contributed by atoms with E-state index < -0.39 is 5.91 Å². The summed E-state index contributed by atoms with van der Waals surface area (Å²) >= 11 is 0. The Bertz CT molecular complexity index is 555. The Balaban J connectivity index is 1.65. The lowest BCUT2D eigenvalue weighted by molar-refractivity contribution is -0.135. The number of rotatable bonds is 3. The van der Waals surface area contributed by atoms with Crippen LogP contribution >= 0.6 is 0 Å². The molecule has 1 aliphatic carbocycles. The van der Waals surface area contributed by atoms with Gasteiger partial charge in [-0.3, -0.25) is 9.59 Å². The van der Waals surface area contributed by atoms with Crippen LogP contribution in [0.5, 0.6) is 0 Å². The molecule has 1 heterocycles. The van der Waals surface area contributed by atoms with Crippen molar-refractivity contribution < 1.29 is 9.59 Å². The summed E-state index contributed by atoms with van der Waals surface area (Å²) in [5.41, 5.74) is 6.88. The van der Waals surface area contributed by atoms with E-state index in [9.17, 15) is 9.59 Å². The number of benzene rings is 1. The first kappa shape index (κ1) is 14.1. The normalized spacial score (nSPS) is 28.2. The summed E-state index contributed by atoms with van der Waals surface area (Å²) in [6.07, 6.45) is 0.908. The molecule has 3 atom stereocenters. The lowest BCUT2D eigenvalue weighted by Gasteiger charge is -2.34. The number of carbonyl (C=O) groups excluding carboxylic acids is 2. The highest BCUT2D eigenvalue weighted by atomic mass is 16.2. The molecule has 0 unspecified atom stereocenters. The van der Waals surface area contributed by atoms with Crippen LogP contribution in [0, 0.1) is 5.92 Å². The largest absolute Gasteiger partial charge is 0.366 e. The van der Waals surface area contributed by atoms with E-state index in [2.05, 4.69) is 12.2 Å². The fraction of sp³-hybridized carbons (Fsp3) is 0.500. The van der Waals surface area contributed by atoms with E-state index in [1.54, 1.807) is 12.1 Å². The summed E-state index contributed by atoms with van der Waals surface area (Å²) in [5, 5.41) is 3.30. The molecule has 1 aromatic carbocycles. The Kier molecular flexibility index (Phi) is 3.68. The number of piperazine rings is 1. The van der Waals surface area contributed by atoms with Gasteiger partial charge in [-0.05, 0) is 37.0 Å². The quantitative estimate of drug-likeness (QED) is 0.859. The van der Waals surface area contributed by atoms with Crippen molar-refractivity contribution in [2.45, 2.75) is 25.3 Å². The molecule has 3 N–H and O–H groups in total. The Hall–Kier alpha value is -1.88. The van der Waals surface area contributed by atoms with Crippen molar-refractivity contribution in [2.75, 3.05) is 19.6 Å². The van der Waals surface area contributed by atoms with Gasteiger partial charge in [0.15, 0.2) is 0 Å². The third kappa shape index (κ3) is 2.78. The van der Waals surface area contributed by atoms with Gasteiger partial charge >= 0.3 is 0 Å². The lowest BCUT2D eigenvalue weighted by Crippen LogP contribution is -2.52. The Morgan fingerprint density at radius 3 is 2.62 bits per heavy atom. The van der Waals surface area contributed by atoms with Crippen LogP contribution in [0.2, 0.25) is 0 Å². The molecule has 1 saturated carbocycles. The van der Waals surface area contributed by atoms with Crippen LogP contribution in [-0.2, 0) is 4.79 Å². The summed E-state index contributed by atoms with van der Waals surface area (Å²) in [6, 6.07) is 7.58.